The molecule has 0 aliphatic heterocycles. The van der Waals surface area contributed by atoms with Crippen molar-refractivity contribution in [1.29, 1.82) is 0 Å². The number of hydrogen-bond donors (Lipinski definition) is 1. The maximum atomic E-state index is 11.6. The molecule has 108 valence electrons. The highest BCUT2D eigenvalue weighted by Gasteiger charge is 2.42. The zero-order chi connectivity index (χ0) is 15.3. The maximum Gasteiger partial charge on any atom is 0.531 e. The molecule has 1 amide bonds. The van der Waals surface area contributed by atoms with E-state index in [0.717, 1.165) is 11.1 Å². The fraction of sp³-hybridized carbons (Fsp3) is 0.286. The van der Waals surface area contributed by atoms with Gasteiger partial charge in [-0.05, 0) is 13.3 Å². The number of amides is 1. The zero-order valence-corrected chi connectivity index (χ0v) is 12.6. The van der Waals surface area contributed by atoms with Crippen LogP contribution in [0.3, 0.4) is 0 Å². The van der Waals surface area contributed by atoms with E-state index in [1.54, 1.807) is 12.1 Å². The minimum Gasteiger partial charge on any atom is -0.457 e. The quantitative estimate of drug-likeness (QED) is 0.397. The molecule has 20 heavy (non-hydrogen) atoms. The Labute approximate surface area is 122 Å². The summed E-state index contributed by atoms with van der Waals surface area (Å²) >= 11 is 0.597. The van der Waals surface area contributed by atoms with Gasteiger partial charge in [0.15, 0.2) is 5.69 Å². The molecule has 1 aromatic carbocycles. The lowest BCUT2D eigenvalue weighted by atomic mass is 10.1. The second-order valence-electron chi connectivity index (χ2n) is 4.51. The summed E-state index contributed by atoms with van der Waals surface area (Å²) in [5.74, 6) is 0. The van der Waals surface area contributed by atoms with Crippen LogP contribution in [-0.4, -0.2) is 30.7 Å². The normalized spacial score (nSPS) is 13.3. The molecule has 0 aromatic heterocycles. The van der Waals surface area contributed by atoms with Gasteiger partial charge in [0, 0.05) is 11.6 Å². The second-order valence-corrected chi connectivity index (χ2v) is 5.76. The second kappa shape index (κ2) is 6.58. The predicted octanol–water partition coefficient (Wildman–Crippen LogP) is 3.83. The largest absolute Gasteiger partial charge is 0.531 e. The lowest BCUT2D eigenvalue weighted by Gasteiger charge is -2.25. The third kappa shape index (κ3) is 3.61. The molecule has 6 heteroatoms. The lowest BCUT2D eigenvalue weighted by molar-refractivity contribution is 0.178. The Morgan fingerprint density at radius 3 is 2.50 bits per heavy atom. The standard InChI is InChI=1S/C14H17NO4S/c1-10(2)9-11-7-5-6-8-12(11)15(3,13(16)17)20-14(18)19-4/h5-8H,1,9H2,2-4H3/p+1. The van der Waals surface area contributed by atoms with Gasteiger partial charge in [-0.1, -0.05) is 30.4 Å². The summed E-state index contributed by atoms with van der Waals surface area (Å²) in [4.78, 5) is 23.1. The van der Waals surface area contributed by atoms with Crippen molar-refractivity contribution in [3.8, 4) is 0 Å². The minimum atomic E-state index is -1.14. The molecule has 0 aliphatic rings. The van der Waals surface area contributed by atoms with Gasteiger partial charge in [0.1, 0.15) is 0 Å². The van der Waals surface area contributed by atoms with Gasteiger partial charge >= 0.3 is 11.4 Å². The van der Waals surface area contributed by atoms with Crippen molar-refractivity contribution >= 4 is 29.0 Å². The van der Waals surface area contributed by atoms with Crippen molar-refractivity contribution in [2.24, 2.45) is 0 Å². The van der Waals surface area contributed by atoms with Gasteiger partial charge in [-0.2, -0.15) is 4.79 Å². The van der Waals surface area contributed by atoms with E-state index in [4.69, 9.17) is 0 Å². The van der Waals surface area contributed by atoms with Crippen molar-refractivity contribution in [2.45, 2.75) is 13.3 Å². The first-order chi connectivity index (χ1) is 9.31. The first-order valence-electron chi connectivity index (χ1n) is 5.91. The summed E-state index contributed by atoms with van der Waals surface area (Å²) in [6.45, 7) is 5.71. The van der Waals surface area contributed by atoms with Gasteiger partial charge in [-0.15, -0.1) is 3.89 Å². The Morgan fingerprint density at radius 1 is 1.40 bits per heavy atom. The fourth-order valence-electron chi connectivity index (χ4n) is 1.78. The first-order valence-corrected chi connectivity index (χ1v) is 6.69. The van der Waals surface area contributed by atoms with Crippen LogP contribution in [0.4, 0.5) is 15.3 Å². The van der Waals surface area contributed by atoms with Crippen LogP contribution < -0.4 is 3.89 Å². The number of benzene rings is 1. The SMILES string of the molecule is C=C(C)Cc1ccccc1[N+](C)(SC(=O)OC)C(=O)O. The van der Waals surface area contributed by atoms with Crippen LogP contribution in [0.15, 0.2) is 36.4 Å². The van der Waals surface area contributed by atoms with Crippen LogP contribution in [0.2, 0.25) is 0 Å². The Kier molecular flexibility index (Phi) is 5.35. The molecule has 0 fully saturated rings. The van der Waals surface area contributed by atoms with Crippen molar-refractivity contribution in [1.82, 2.24) is 3.89 Å². The number of para-hydroxylation sites is 1. The molecule has 1 aromatic rings. The third-order valence-electron chi connectivity index (χ3n) is 2.73. The van der Waals surface area contributed by atoms with Crippen LogP contribution in [0.25, 0.3) is 0 Å². The number of hydrogen-bond acceptors (Lipinski definition) is 4. The zero-order valence-electron chi connectivity index (χ0n) is 11.8. The highest BCUT2D eigenvalue weighted by Crippen LogP contribution is 2.35. The van der Waals surface area contributed by atoms with E-state index in [9.17, 15) is 14.7 Å². The Balaban J connectivity index is 3.31. The molecule has 0 aliphatic carbocycles. The van der Waals surface area contributed by atoms with E-state index in [1.165, 1.54) is 14.2 Å². The molecule has 0 radical (unpaired) electrons. The predicted molar refractivity (Wildman–Crippen MR) is 80.7 cm³/mol. The van der Waals surface area contributed by atoms with Crippen molar-refractivity contribution < 1.29 is 19.4 Å². The molecule has 0 heterocycles. The minimum absolute atomic E-state index is 0.526. The van der Waals surface area contributed by atoms with Crippen LogP contribution in [0, 0.1) is 0 Å². The van der Waals surface area contributed by atoms with Crippen LogP contribution >= 0.6 is 11.9 Å². The van der Waals surface area contributed by atoms with Crippen LogP contribution in [0.1, 0.15) is 12.5 Å². The number of rotatable bonds is 3. The summed E-state index contributed by atoms with van der Waals surface area (Å²) in [5, 5.41) is 8.86. The van der Waals surface area contributed by atoms with E-state index in [1.807, 2.05) is 19.1 Å². The average Bonchev–Trinajstić information content (AvgIpc) is 2.38. The molecule has 1 unspecified atom stereocenters. The number of allylic oxidation sites excluding steroid dienone is 1. The average molecular weight is 296 g/mol. The van der Waals surface area contributed by atoms with Gasteiger partial charge in [0.05, 0.1) is 14.2 Å². The van der Waals surface area contributed by atoms with Crippen molar-refractivity contribution in [3.05, 3.63) is 42.0 Å². The van der Waals surface area contributed by atoms with Gasteiger partial charge in [0.25, 0.3) is 0 Å². The summed E-state index contributed by atoms with van der Waals surface area (Å²) in [6.07, 6.45) is -0.589. The van der Waals surface area contributed by atoms with E-state index in [2.05, 4.69) is 11.3 Å². The molecule has 1 atom stereocenters. The third-order valence-corrected chi connectivity index (χ3v) is 3.77. The first kappa shape index (κ1) is 16.3. The number of carbonyl (C=O) groups excluding carboxylic acids is 1. The van der Waals surface area contributed by atoms with Gasteiger partial charge < -0.3 is 9.84 Å². The molecule has 5 nitrogen and oxygen atoms in total. The Morgan fingerprint density at radius 2 is 2.00 bits per heavy atom. The number of ether oxygens (including phenoxy) is 1. The molecule has 0 bridgehead atoms. The molecular formula is C14H18NO4S+. The van der Waals surface area contributed by atoms with Crippen molar-refractivity contribution in [2.75, 3.05) is 14.2 Å². The number of nitrogens with zero attached hydrogens (tertiary/aromatic N) is 1. The number of carbonyl (C=O) groups is 2. The van der Waals surface area contributed by atoms with E-state index < -0.39 is 15.3 Å². The molecule has 0 saturated heterocycles. The summed E-state index contributed by atoms with van der Waals surface area (Å²) in [6, 6.07) is 7.11. The maximum absolute atomic E-state index is 11.6. The molecule has 1 N–H and O–H groups in total. The monoisotopic (exact) mass is 296 g/mol. The highest BCUT2D eigenvalue weighted by molar-refractivity contribution is 8.13. The molecule has 0 saturated carbocycles. The van der Waals surface area contributed by atoms with Crippen LogP contribution in [-0.2, 0) is 11.2 Å². The fourth-order valence-corrected chi connectivity index (χ4v) is 2.51. The Hall–Kier alpha value is -1.79. The van der Waals surface area contributed by atoms with Gasteiger partial charge in [-0.25, -0.2) is 4.79 Å². The smallest absolute Gasteiger partial charge is 0.457 e. The van der Waals surface area contributed by atoms with Crippen molar-refractivity contribution in [3.63, 3.8) is 0 Å². The van der Waals surface area contributed by atoms with E-state index in [0.29, 0.717) is 24.1 Å². The summed E-state index contributed by atoms with van der Waals surface area (Å²) in [5.41, 5.74) is 2.26. The topological polar surface area (TPSA) is 63.6 Å². The van der Waals surface area contributed by atoms with E-state index >= 15 is 0 Å². The highest BCUT2D eigenvalue weighted by atomic mass is 32.2. The van der Waals surface area contributed by atoms with Crippen LogP contribution in [0.5, 0.6) is 0 Å². The Bertz CT molecular complexity index is 544. The lowest BCUT2D eigenvalue weighted by Crippen LogP contribution is -2.44. The van der Waals surface area contributed by atoms with Gasteiger partial charge in [-0.3, -0.25) is 0 Å². The molecule has 0 spiro atoms. The van der Waals surface area contributed by atoms with E-state index in [-0.39, 0.29) is 0 Å². The summed E-state index contributed by atoms with van der Waals surface area (Å²) < 4.78 is 3.94. The number of methoxy groups -OCH3 is 1. The molecule has 1 rings (SSSR count). The number of quaternary nitrogens is 1. The van der Waals surface area contributed by atoms with Gasteiger partial charge in [0.2, 0.25) is 11.9 Å². The molecular weight excluding hydrogens is 278 g/mol. The number of carboxylic acid groups (broad SMARTS) is 1. The summed E-state index contributed by atoms with van der Waals surface area (Å²) in [7, 11) is 2.67.